The van der Waals surface area contributed by atoms with Gasteiger partial charge in [-0.3, -0.25) is 4.79 Å². The Kier molecular flexibility index (Phi) is 4.87. The molecule has 0 spiro atoms. The van der Waals surface area contributed by atoms with Crippen LogP contribution in [0.25, 0.3) is 0 Å². The Morgan fingerprint density at radius 2 is 2.14 bits per heavy atom. The number of carbonyl (C=O) groups is 2. The minimum atomic E-state index is -1.11. The van der Waals surface area contributed by atoms with E-state index in [0.717, 1.165) is 18.0 Å². The number of benzene rings is 1. The molecular formula is C13H12ClN3O3S. The van der Waals surface area contributed by atoms with E-state index in [1.165, 1.54) is 18.2 Å². The highest BCUT2D eigenvalue weighted by Crippen LogP contribution is 2.21. The lowest BCUT2D eigenvalue weighted by atomic mass is 10.2. The van der Waals surface area contributed by atoms with Gasteiger partial charge in [0.15, 0.2) is 0 Å². The largest absolute Gasteiger partial charge is 0.478 e. The highest BCUT2D eigenvalue weighted by Gasteiger charge is 2.16. The second-order valence-electron chi connectivity index (χ2n) is 4.29. The molecule has 2 rings (SSSR count). The number of aryl methyl sites for hydroxylation is 1. The van der Waals surface area contributed by atoms with E-state index in [0.29, 0.717) is 22.7 Å². The zero-order chi connectivity index (χ0) is 15.4. The number of nitrogens with one attached hydrogen (secondary N) is 1. The minimum Gasteiger partial charge on any atom is -0.478 e. The summed E-state index contributed by atoms with van der Waals surface area (Å²) < 4.78 is 3.78. The number of aromatic nitrogens is 2. The van der Waals surface area contributed by atoms with E-state index < -0.39 is 5.97 Å². The molecule has 0 saturated heterocycles. The highest BCUT2D eigenvalue weighted by molar-refractivity contribution is 7.08. The zero-order valence-corrected chi connectivity index (χ0v) is 12.7. The third kappa shape index (κ3) is 3.77. The van der Waals surface area contributed by atoms with Crippen molar-refractivity contribution in [3.8, 4) is 0 Å². The number of rotatable bonds is 5. The van der Waals surface area contributed by atoms with E-state index in [1.807, 2.05) is 6.92 Å². The second-order valence-corrected chi connectivity index (χ2v) is 5.48. The summed E-state index contributed by atoms with van der Waals surface area (Å²) in [6.45, 7) is 1.98. The van der Waals surface area contributed by atoms with E-state index in [4.69, 9.17) is 16.7 Å². The predicted octanol–water partition coefficient (Wildman–Crippen LogP) is 3.09. The molecule has 6 nitrogen and oxygen atoms in total. The molecular weight excluding hydrogens is 314 g/mol. The van der Waals surface area contributed by atoms with Gasteiger partial charge in [0.25, 0.3) is 5.91 Å². The molecule has 2 N–H and O–H groups in total. The van der Waals surface area contributed by atoms with Crippen molar-refractivity contribution in [2.45, 2.75) is 19.8 Å². The van der Waals surface area contributed by atoms with Gasteiger partial charge in [-0.2, -0.15) is 0 Å². The Balaban J connectivity index is 2.23. The number of hydrogen-bond donors (Lipinski definition) is 2. The average molecular weight is 326 g/mol. The number of aromatic carboxylic acids is 1. The van der Waals surface area contributed by atoms with Crippen LogP contribution in [-0.2, 0) is 6.42 Å². The van der Waals surface area contributed by atoms with Gasteiger partial charge in [-0.1, -0.05) is 29.4 Å². The van der Waals surface area contributed by atoms with Crippen LogP contribution in [0, 0.1) is 0 Å². The van der Waals surface area contributed by atoms with Gasteiger partial charge in [-0.15, -0.1) is 5.10 Å². The first-order valence-electron chi connectivity index (χ1n) is 6.17. The van der Waals surface area contributed by atoms with Crippen LogP contribution in [0.2, 0.25) is 5.02 Å². The lowest BCUT2D eigenvalue weighted by molar-refractivity contribution is 0.0696. The number of anilines is 1. The standard InChI is InChI=1S/C13H12ClN3O3S/c1-2-3-10-11(21-17-16-10)12(18)15-9-5-7(13(19)20)4-8(14)6-9/h4-6H,2-3H2,1H3,(H,15,18)(H,19,20). The van der Waals surface area contributed by atoms with E-state index in [-0.39, 0.29) is 16.5 Å². The molecule has 1 heterocycles. The first kappa shape index (κ1) is 15.4. The summed E-state index contributed by atoms with van der Waals surface area (Å²) >= 11 is 6.86. The van der Waals surface area contributed by atoms with E-state index in [2.05, 4.69) is 14.9 Å². The van der Waals surface area contributed by atoms with Crippen LogP contribution in [0.15, 0.2) is 18.2 Å². The summed E-state index contributed by atoms with van der Waals surface area (Å²) in [6.07, 6.45) is 1.52. The quantitative estimate of drug-likeness (QED) is 0.881. The molecule has 0 unspecified atom stereocenters. The fourth-order valence-corrected chi connectivity index (χ4v) is 2.59. The Bertz CT molecular complexity index is 687. The number of hydrogen-bond acceptors (Lipinski definition) is 5. The molecule has 1 aromatic carbocycles. The van der Waals surface area contributed by atoms with Crippen molar-refractivity contribution in [3.05, 3.63) is 39.4 Å². The van der Waals surface area contributed by atoms with Crippen molar-refractivity contribution >= 4 is 40.7 Å². The summed E-state index contributed by atoms with van der Waals surface area (Å²) in [7, 11) is 0. The van der Waals surface area contributed by atoms with Gasteiger partial charge < -0.3 is 10.4 Å². The summed E-state index contributed by atoms with van der Waals surface area (Å²) in [5.41, 5.74) is 0.968. The van der Waals surface area contributed by atoms with Crippen LogP contribution in [0.1, 0.15) is 39.1 Å². The molecule has 0 fully saturated rings. The zero-order valence-electron chi connectivity index (χ0n) is 11.1. The van der Waals surface area contributed by atoms with Crippen molar-refractivity contribution in [2.75, 3.05) is 5.32 Å². The van der Waals surface area contributed by atoms with Crippen molar-refractivity contribution in [1.82, 2.24) is 9.59 Å². The van der Waals surface area contributed by atoms with Crippen LogP contribution in [0.4, 0.5) is 5.69 Å². The lowest BCUT2D eigenvalue weighted by Crippen LogP contribution is -2.13. The molecule has 0 radical (unpaired) electrons. The Hall–Kier alpha value is -1.99. The molecule has 0 atom stereocenters. The average Bonchev–Trinajstić information content (AvgIpc) is 2.86. The predicted molar refractivity (Wildman–Crippen MR) is 80.3 cm³/mol. The van der Waals surface area contributed by atoms with Crippen LogP contribution in [0.3, 0.4) is 0 Å². The summed E-state index contributed by atoms with van der Waals surface area (Å²) in [6, 6.07) is 4.15. The number of nitrogens with zero attached hydrogens (tertiary/aromatic N) is 2. The fourth-order valence-electron chi connectivity index (χ4n) is 1.75. The van der Waals surface area contributed by atoms with Gasteiger partial charge in [0, 0.05) is 10.7 Å². The van der Waals surface area contributed by atoms with Gasteiger partial charge in [-0.05, 0) is 36.2 Å². The minimum absolute atomic E-state index is 0.00834. The molecule has 0 aliphatic heterocycles. The van der Waals surface area contributed by atoms with E-state index >= 15 is 0 Å². The molecule has 21 heavy (non-hydrogen) atoms. The second kappa shape index (κ2) is 6.64. The van der Waals surface area contributed by atoms with Crippen LogP contribution < -0.4 is 5.32 Å². The van der Waals surface area contributed by atoms with Crippen molar-refractivity contribution < 1.29 is 14.7 Å². The van der Waals surface area contributed by atoms with Crippen molar-refractivity contribution in [3.63, 3.8) is 0 Å². The summed E-state index contributed by atoms with van der Waals surface area (Å²) in [5, 5.41) is 15.8. The third-order valence-corrected chi connectivity index (χ3v) is 3.64. The molecule has 0 aliphatic carbocycles. The van der Waals surface area contributed by atoms with E-state index in [9.17, 15) is 9.59 Å². The van der Waals surface area contributed by atoms with Crippen molar-refractivity contribution in [2.24, 2.45) is 0 Å². The van der Waals surface area contributed by atoms with E-state index in [1.54, 1.807) is 0 Å². The lowest BCUT2D eigenvalue weighted by Gasteiger charge is -2.06. The fraction of sp³-hybridized carbons (Fsp3) is 0.231. The number of carboxylic acids is 1. The molecule has 8 heteroatoms. The van der Waals surface area contributed by atoms with Crippen LogP contribution >= 0.6 is 23.1 Å². The number of carbonyl (C=O) groups excluding carboxylic acids is 1. The Morgan fingerprint density at radius 3 is 2.81 bits per heavy atom. The van der Waals surface area contributed by atoms with Gasteiger partial charge in [0.1, 0.15) is 4.88 Å². The van der Waals surface area contributed by atoms with Crippen molar-refractivity contribution in [1.29, 1.82) is 0 Å². The first-order chi connectivity index (χ1) is 10.0. The Labute approximate surface area is 129 Å². The molecule has 1 amide bonds. The maximum absolute atomic E-state index is 12.2. The van der Waals surface area contributed by atoms with Gasteiger partial charge in [-0.25, -0.2) is 4.79 Å². The topological polar surface area (TPSA) is 92.2 Å². The summed E-state index contributed by atoms with van der Waals surface area (Å²) in [5.74, 6) is -1.48. The number of halogens is 1. The summed E-state index contributed by atoms with van der Waals surface area (Å²) in [4.78, 5) is 23.6. The maximum atomic E-state index is 12.2. The molecule has 0 bridgehead atoms. The molecule has 110 valence electrons. The first-order valence-corrected chi connectivity index (χ1v) is 7.33. The normalized spacial score (nSPS) is 10.4. The number of amides is 1. The third-order valence-electron chi connectivity index (χ3n) is 2.65. The van der Waals surface area contributed by atoms with Gasteiger partial charge in [0.05, 0.1) is 11.3 Å². The van der Waals surface area contributed by atoms with Gasteiger partial charge in [0.2, 0.25) is 0 Å². The van der Waals surface area contributed by atoms with Gasteiger partial charge >= 0.3 is 5.97 Å². The van der Waals surface area contributed by atoms with Crippen LogP contribution in [0.5, 0.6) is 0 Å². The SMILES string of the molecule is CCCc1nnsc1C(=O)Nc1cc(Cl)cc(C(=O)O)c1. The monoisotopic (exact) mass is 325 g/mol. The molecule has 0 saturated carbocycles. The highest BCUT2D eigenvalue weighted by atomic mass is 35.5. The van der Waals surface area contributed by atoms with Crippen LogP contribution in [-0.4, -0.2) is 26.6 Å². The Morgan fingerprint density at radius 1 is 1.38 bits per heavy atom. The number of carboxylic acid groups (broad SMARTS) is 1. The molecule has 0 aliphatic rings. The maximum Gasteiger partial charge on any atom is 0.335 e. The molecule has 1 aromatic heterocycles. The molecule has 2 aromatic rings. The smallest absolute Gasteiger partial charge is 0.335 e.